The summed E-state index contributed by atoms with van der Waals surface area (Å²) in [4.78, 5) is 39.5. The molecular weight excluding hydrogens is 354 g/mol. The Hall–Kier alpha value is -2.63. The van der Waals surface area contributed by atoms with Gasteiger partial charge in [0.2, 0.25) is 17.7 Å². The van der Waals surface area contributed by atoms with Gasteiger partial charge in [-0.2, -0.15) is 0 Å². The molecule has 0 aliphatic carbocycles. The Kier molecular flexibility index (Phi) is 7.79. The molecule has 0 spiro atoms. The molecule has 0 saturated carbocycles. The number of nitrogens with zero attached hydrogens (tertiary/aromatic N) is 2. The number of benzene rings is 1. The lowest BCUT2D eigenvalue weighted by atomic mass is 9.94. The molecule has 1 saturated heterocycles. The first-order valence-corrected chi connectivity index (χ1v) is 9.87. The van der Waals surface area contributed by atoms with E-state index in [2.05, 4.69) is 19.2 Å². The molecule has 152 valence electrons. The number of piperazine rings is 1. The van der Waals surface area contributed by atoms with Gasteiger partial charge in [0.05, 0.1) is 0 Å². The molecule has 0 atom stereocenters. The third kappa shape index (κ3) is 6.22. The zero-order chi connectivity index (χ0) is 20.7. The molecule has 3 amide bonds. The Morgan fingerprint density at radius 2 is 1.61 bits per heavy atom. The zero-order valence-electron chi connectivity index (χ0n) is 17.3. The van der Waals surface area contributed by atoms with E-state index in [1.165, 1.54) is 5.56 Å². The van der Waals surface area contributed by atoms with Gasteiger partial charge in [0.15, 0.2) is 0 Å². The van der Waals surface area contributed by atoms with Crippen molar-refractivity contribution in [2.24, 2.45) is 5.92 Å². The van der Waals surface area contributed by atoms with Crippen LogP contribution in [0.25, 0.3) is 5.57 Å². The second kappa shape index (κ2) is 10.1. The number of carbonyl (C=O) groups is 3. The normalized spacial score (nSPS) is 15.0. The number of hydrogen-bond acceptors (Lipinski definition) is 3. The van der Waals surface area contributed by atoms with E-state index in [4.69, 9.17) is 0 Å². The Labute approximate surface area is 167 Å². The number of aryl methyl sites for hydroxylation is 1. The van der Waals surface area contributed by atoms with E-state index in [9.17, 15) is 14.4 Å². The minimum Gasteiger partial charge on any atom is -0.352 e. The lowest BCUT2D eigenvalue weighted by Crippen LogP contribution is -2.50. The van der Waals surface area contributed by atoms with E-state index in [1.807, 2.05) is 31.2 Å². The van der Waals surface area contributed by atoms with Crippen molar-refractivity contribution in [3.63, 3.8) is 0 Å². The van der Waals surface area contributed by atoms with Crippen LogP contribution in [0.4, 0.5) is 0 Å². The average molecular weight is 386 g/mol. The average Bonchev–Trinajstić information content (AvgIpc) is 2.66. The van der Waals surface area contributed by atoms with Gasteiger partial charge in [-0.3, -0.25) is 14.4 Å². The Balaban J connectivity index is 1.84. The predicted molar refractivity (Wildman–Crippen MR) is 110 cm³/mol. The Morgan fingerprint density at radius 1 is 1.04 bits per heavy atom. The van der Waals surface area contributed by atoms with E-state index in [0.29, 0.717) is 32.7 Å². The van der Waals surface area contributed by atoms with Crippen LogP contribution in [0.3, 0.4) is 0 Å². The van der Waals surface area contributed by atoms with E-state index in [0.717, 1.165) is 11.1 Å². The van der Waals surface area contributed by atoms with E-state index < -0.39 is 0 Å². The van der Waals surface area contributed by atoms with Crippen LogP contribution in [0, 0.1) is 12.8 Å². The first-order valence-electron chi connectivity index (χ1n) is 9.87. The third-order valence-electron chi connectivity index (χ3n) is 5.01. The van der Waals surface area contributed by atoms with Crippen LogP contribution in [-0.4, -0.2) is 60.2 Å². The lowest BCUT2D eigenvalue weighted by molar-refractivity contribution is -0.138. The SMILES string of the molecule is CC(=O)N1CCN(C(=O)CCNC(=O)/C=C(/c2ccc(C)cc2)C(C)C)CC1. The van der Waals surface area contributed by atoms with Crippen LogP contribution >= 0.6 is 0 Å². The highest BCUT2D eigenvalue weighted by Crippen LogP contribution is 2.23. The standard InChI is InChI=1S/C22H31N3O3/c1-16(2)20(19-7-5-17(3)6-8-19)15-21(27)23-10-9-22(28)25-13-11-24(12-14-25)18(4)26/h5-8,15-16H,9-14H2,1-4H3,(H,23,27)/b20-15+. The van der Waals surface area contributed by atoms with Gasteiger partial charge < -0.3 is 15.1 Å². The van der Waals surface area contributed by atoms with Crippen LogP contribution in [-0.2, 0) is 14.4 Å². The Morgan fingerprint density at radius 3 is 2.14 bits per heavy atom. The van der Waals surface area contributed by atoms with Gasteiger partial charge in [-0.05, 0) is 24.0 Å². The number of nitrogens with one attached hydrogen (secondary N) is 1. The topological polar surface area (TPSA) is 69.7 Å². The highest BCUT2D eigenvalue weighted by Gasteiger charge is 2.22. The highest BCUT2D eigenvalue weighted by molar-refractivity contribution is 5.95. The molecule has 0 radical (unpaired) electrons. The maximum absolute atomic E-state index is 12.3. The molecule has 1 fully saturated rings. The van der Waals surface area contributed by atoms with Crippen LogP contribution in [0.15, 0.2) is 30.3 Å². The van der Waals surface area contributed by atoms with Crippen molar-refractivity contribution in [1.29, 1.82) is 0 Å². The molecule has 1 aromatic rings. The molecule has 1 aromatic carbocycles. The molecule has 1 heterocycles. The number of hydrogen-bond donors (Lipinski definition) is 1. The lowest BCUT2D eigenvalue weighted by Gasteiger charge is -2.34. The predicted octanol–water partition coefficient (Wildman–Crippen LogP) is 2.23. The van der Waals surface area contributed by atoms with E-state index >= 15 is 0 Å². The quantitative estimate of drug-likeness (QED) is 0.764. The molecule has 1 aliphatic rings. The van der Waals surface area contributed by atoms with Gasteiger partial charge in [0.25, 0.3) is 0 Å². The van der Waals surface area contributed by atoms with Crippen LogP contribution in [0.1, 0.15) is 38.3 Å². The Bertz CT molecular complexity index is 730. The molecule has 6 heteroatoms. The first kappa shape index (κ1) is 21.7. The minimum absolute atomic E-state index is 0.00935. The molecule has 1 N–H and O–H groups in total. The molecular formula is C22H31N3O3. The second-order valence-corrected chi connectivity index (χ2v) is 7.55. The van der Waals surface area contributed by atoms with Crippen molar-refractivity contribution in [2.45, 2.75) is 34.1 Å². The summed E-state index contributed by atoms with van der Waals surface area (Å²) < 4.78 is 0. The molecule has 0 aromatic heterocycles. The van der Waals surface area contributed by atoms with Gasteiger partial charge in [-0.1, -0.05) is 43.7 Å². The summed E-state index contributed by atoms with van der Waals surface area (Å²) in [5, 5.41) is 2.82. The summed E-state index contributed by atoms with van der Waals surface area (Å²) in [5.74, 6) is 0.0851. The van der Waals surface area contributed by atoms with Crippen molar-refractivity contribution >= 4 is 23.3 Å². The summed E-state index contributed by atoms with van der Waals surface area (Å²) >= 11 is 0. The van der Waals surface area contributed by atoms with Crippen LogP contribution in [0.5, 0.6) is 0 Å². The summed E-state index contributed by atoms with van der Waals surface area (Å²) in [6.07, 6.45) is 1.90. The van der Waals surface area contributed by atoms with Crippen molar-refractivity contribution < 1.29 is 14.4 Å². The zero-order valence-corrected chi connectivity index (χ0v) is 17.3. The molecule has 1 aliphatic heterocycles. The molecule has 0 bridgehead atoms. The van der Waals surface area contributed by atoms with Crippen LogP contribution < -0.4 is 5.32 Å². The van der Waals surface area contributed by atoms with Crippen molar-refractivity contribution in [3.8, 4) is 0 Å². The second-order valence-electron chi connectivity index (χ2n) is 7.55. The molecule has 2 rings (SSSR count). The van der Waals surface area contributed by atoms with Crippen molar-refractivity contribution in [1.82, 2.24) is 15.1 Å². The third-order valence-corrected chi connectivity index (χ3v) is 5.01. The smallest absolute Gasteiger partial charge is 0.244 e. The summed E-state index contributed by atoms with van der Waals surface area (Å²) in [6, 6.07) is 8.12. The maximum atomic E-state index is 12.3. The van der Waals surface area contributed by atoms with Crippen molar-refractivity contribution in [2.75, 3.05) is 32.7 Å². The van der Waals surface area contributed by atoms with E-state index in [-0.39, 0.29) is 30.1 Å². The molecule has 0 unspecified atom stereocenters. The number of carbonyl (C=O) groups excluding carboxylic acids is 3. The number of amides is 3. The van der Waals surface area contributed by atoms with Gasteiger partial charge in [0.1, 0.15) is 0 Å². The monoisotopic (exact) mass is 385 g/mol. The minimum atomic E-state index is -0.182. The summed E-state index contributed by atoms with van der Waals surface area (Å²) in [7, 11) is 0. The van der Waals surface area contributed by atoms with E-state index in [1.54, 1.807) is 22.8 Å². The first-order chi connectivity index (χ1) is 13.3. The fourth-order valence-electron chi connectivity index (χ4n) is 3.24. The van der Waals surface area contributed by atoms with Gasteiger partial charge >= 0.3 is 0 Å². The highest BCUT2D eigenvalue weighted by atomic mass is 16.2. The van der Waals surface area contributed by atoms with Gasteiger partial charge in [-0.15, -0.1) is 0 Å². The molecule has 28 heavy (non-hydrogen) atoms. The largest absolute Gasteiger partial charge is 0.352 e. The van der Waals surface area contributed by atoms with Crippen molar-refractivity contribution in [3.05, 3.63) is 41.5 Å². The fourth-order valence-corrected chi connectivity index (χ4v) is 3.24. The fraction of sp³-hybridized carbons (Fsp3) is 0.500. The van der Waals surface area contributed by atoms with Crippen LogP contribution in [0.2, 0.25) is 0 Å². The summed E-state index contributed by atoms with van der Waals surface area (Å²) in [6.45, 7) is 10.3. The molecule has 6 nitrogen and oxygen atoms in total. The number of allylic oxidation sites excluding steroid dienone is 1. The van der Waals surface area contributed by atoms with Gasteiger partial charge in [0, 0.05) is 52.1 Å². The maximum Gasteiger partial charge on any atom is 0.244 e. The number of rotatable bonds is 6. The van der Waals surface area contributed by atoms with Gasteiger partial charge in [-0.25, -0.2) is 0 Å². The summed E-state index contributed by atoms with van der Waals surface area (Å²) in [5.41, 5.74) is 3.19.